The number of nitrogens with zero attached hydrogens (tertiary/aromatic N) is 1. The normalized spacial score (nSPS) is 16.3. The van der Waals surface area contributed by atoms with E-state index in [1.807, 2.05) is 32.9 Å². The lowest BCUT2D eigenvalue weighted by Crippen LogP contribution is -2.45. The Morgan fingerprint density at radius 1 is 1.26 bits per heavy atom. The number of hydrogen-bond acceptors (Lipinski definition) is 3. The van der Waals surface area contributed by atoms with Crippen molar-refractivity contribution in [3.63, 3.8) is 0 Å². The summed E-state index contributed by atoms with van der Waals surface area (Å²) in [5.41, 5.74) is 1.25. The number of urea groups is 1. The number of carbonyl (C=O) groups is 1. The summed E-state index contributed by atoms with van der Waals surface area (Å²) in [6.45, 7) is 7.37. The second-order valence-electron chi connectivity index (χ2n) is 6.34. The van der Waals surface area contributed by atoms with Gasteiger partial charge in [-0.1, -0.05) is 12.1 Å². The lowest BCUT2D eigenvalue weighted by Gasteiger charge is -2.27. The summed E-state index contributed by atoms with van der Waals surface area (Å²) in [7, 11) is 0. The number of nitrogens with one attached hydrogen (secondary N) is 1. The number of aryl methyl sites for hydroxylation is 1. The fourth-order valence-corrected chi connectivity index (χ4v) is 2.50. The number of ether oxygens (including phenoxy) is 1. The molecule has 0 aromatic heterocycles. The molecule has 5 heteroatoms. The summed E-state index contributed by atoms with van der Waals surface area (Å²) in [4.78, 5) is 17.4. The van der Waals surface area contributed by atoms with Gasteiger partial charge in [0.15, 0.2) is 0 Å². The van der Waals surface area contributed by atoms with E-state index >= 15 is 0 Å². The number of benzene rings is 1. The van der Waals surface area contributed by atoms with Crippen LogP contribution in [0.15, 0.2) is 24.3 Å². The predicted octanol–water partition coefficient (Wildman–Crippen LogP) is 3.53. The molecule has 1 aliphatic rings. The van der Waals surface area contributed by atoms with Crippen molar-refractivity contribution in [3.8, 4) is 5.75 Å². The molecule has 1 aromatic rings. The third-order valence-electron chi connectivity index (χ3n) is 3.76. The third-order valence-corrected chi connectivity index (χ3v) is 3.76. The third kappa shape index (κ3) is 6.10. The average molecular weight is 320 g/mol. The van der Waals surface area contributed by atoms with Gasteiger partial charge in [-0.2, -0.15) is 0 Å². The molecule has 0 saturated carbocycles. The molecule has 1 N–H and O–H groups in total. The van der Waals surface area contributed by atoms with E-state index < -0.39 is 0 Å². The van der Waals surface area contributed by atoms with Crippen LogP contribution in [0.25, 0.3) is 0 Å². The van der Waals surface area contributed by atoms with Gasteiger partial charge in [-0.15, -0.1) is 0 Å². The summed E-state index contributed by atoms with van der Waals surface area (Å²) in [6.07, 6.45) is 4.03. The first kappa shape index (κ1) is 17.6. The van der Waals surface area contributed by atoms with Crippen LogP contribution >= 0.6 is 0 Å². The van der Waals surface area contributed by atoms with E-state index in [0.29, 0.717) is 13.2 Å². The Morgan fingerprint density at radius 3 is 2.61 bits per heavy atom. The molecule has 5 nitrogen and oxygen atoms in total. The highest BCUT2D eigenvalue weighted by atomic mass is 16.7. The summed E-state index contributed by atoms with van der Waals surface area (Å²) in [5.74, 6) is 0.896. The van der Waals surface area contributed by atoms with Gasteiger partial charge < -0.3 is 10.1 Å². The van der Waals surface area contributed by atoms with Crippen LogP contribution in [-0.2, 0) is 11.3 Å². The van der Waals surface area contributed by atoms with Crippen molar-refractivity contribution < 1.29 is 14.4 Å². The van der Waals surface area contributed by atoms with E-state index in [4.69, 9.17) is 9.57 Å². The van der Waals surface area contributed by atoms with Gasteiger partial charge in [-0.3, -0.25) is 4.84 Å². The summed E-state index contributed by atoms with van der Waals surface area (Å²) in [6, 6.07) is 8.15. The quantitative estimate of drug-likeness (QED) is 0.872. The van der Waals surface area contributed by atoms with E-state index in [1.165, 1.54) is 10.6 Å². The Bertz CT molecular complexity index is 482. The maximum Gasteiger partial charge on any atom is 0.341 e. The zero-order valence-corrected chi connectivity index (χ0v) is 14.4. The topological polar surface area (TPSA) is 50.8 Å². The molecule has 1 saturated heterocycles. The van der Waals surface area contributed by atoms with E-state index in [0.717, 1.165) is 31.4 Å². The number of hydroxylamine groups is 2. The molecule has 1 atom stereocenters. The Hall–Kier alpha value is -1.75. The van der Waals surface area contributed by atoms with Crippen LogP contribution in [0, 0.1) is 0 Å². The largest absolute Gasteiger partial charge is 0.491 e. The Kier molecular flexibility index (Phi) is 6.71. The Labute approximate surface area is 138 Å². The molecule has 2 rings (SSSR count). The summed E-state index contributed by atoms with van der Waals surface area (Å²) in [5, 5.41) is 4.44. The number of hydrogen-bond donors (Lipinski definition) is 1. The smallest absolute Gasteiger partial charge is 0.341 e. The first-order valence-corrected chi connectivity index (χ1v) is 8.51. The highest BCUT2D eigenvalue weighted by molar-refractivity contribution is 5.73. The molecular weight excluding hydrogens is 292 g/mol. The van der Waals surface area contributed by atoms with Crippen molar-refractivity contribution in [1.82, 2.24) is 10.4 Å². The Morgan fingerprint density at radius 2 is 2.00 bits per heavy atom. The fraction of sp³-hybridized carbons (Fsp3) is 0.611. The van der Waals surface area contributed by atoms with Crippen LogP contribution in [0.3, 0.4) is 0 Å². The van der Waals surface area contributed by atoms with E-state index in [1.54, 1.807) is 0 Å². The van der Waals surface area contributed by atoms with Gasteiger partial charge >= 0.3 is 6.03 Å². The first-order valence-electron chi connectivity index (χ1n) is 8.51. The highest BCUT2D eigenvalue weighted by Crippen LogP contribution is 2.15. The zero-order valence-electron chi connectivity index (χ0n) is 14.4. The van der Waals surface area contributed by atoms with Gasteiger partial charge in [-0.25, -0.2) is 9.86 Å². The molecule has 1 heterocycles. The molecule has 0 spiro atoms. The van der Waals surface area contributed by atoms with Crippen LogP contribution in [0.2, 0.25) is 0 Å². The predicted molar refractivity (Wildman–Crippen MR) is 90.4 cm³/mol. The molecule has 1 aromatic carbocycles. The molecule has 2 amide bonds. The summed E-state index contributed by atoms with van der Waals surface area (Å²) < 4.78 is 5.64. The highest BCUT2D eigenvalue weighted by Gasteiger charge is 2.19. The minimum Gasteiger partial charge on any atom is -0.491 e. The monoisotopic (exact) mass is 320 g/mol. The van der Waals surface area contributed by atoms with Gasteiger partial charge in [0.2, 0.25) is 0 Å². The molecule has 1 unspecified atom stereocenters. The second kappa shape index (κ2) is 8.77. The zero-order chi connectivity index (χ0) is 16.7. The van der Waals surface area contributed by atoms with Crippen LogP contribution in [0.1, 0.15) is 45.6 Å². The molecule has 1 fully saturated rings. The van der Waals surface area contributed by atoms with Crippen LogP contribution in [0.4, 0.5) is 4.79 Å². The molecule has 0 aliphatic carbocycles. The SMILES string of the molecule is CC(CCc1ccc(OC(C)C)cc1)NC(=O)N1CCCCO1. The maximum atomic E-state index is 12.0. The number of amides is 2. The lowest BCUT2D eigenvalue weighted by atomic mass is 10.1. The van der Waals surface area contributed by atoms with Gasteiger partial charge in [0.25, 0.3) is 0 Å². The van der Waals surface area contributed by atoms with Crippen molar-refractivity contribution in [1.29, 1.82) is 0 Å². The van der Waals surface area contributed by atoms with Gasteiger partial charge in [0.1, 0.15) is 5.75 Å². The van der Waals surface area contributed by atoms with Crippen molar-refractivity contribution in [3.05, 3.63) is 29.8 Å². The average Bonchev–Trinajstić information content (AvgIpc) is 2.54. The molecule has 1 aliphatic heterocycles. The van der Waals surface area contributed by atoms with Crippen LogP contribution < -0.4 is 10.1 Å². The van der Waals surface area contributed by atoms with Gasteiger partial charge in [0.05, 0.1) is 19.3 Å². The van der Waals surface area contributed by atoms with E-state index in [2.05, 4.69) is 17.4 Å². The lowest BCUT2D eigenvalue weighted by molar-refractivity contribution is -0.139. The summed E-state index contributed by atoms with van der Waals surface area (Å²) >= 11 is 0. The molecule has 0 bridgehead atoms. The number of carbonyl (C=O) groups excluding carboxylic acids is 1. The molecule has 128 valence electrons. The fourth-order valence-electron chi connectivity index (χ4n) is 2.50. The maximum absolute atomic E-state index is 12.0. The minimum atomic E-state index is -0.127. The van der Waals surface area contributed by atoms with Crippen molar-refractivity contribution in [2.75, 3.05) is 13.2 Å². The minimum absolute atomic E-state index is 0.111. The second-order valence-corrected chi connectivity index (χ2v) is 6.34. The molecule has 0 radical (unpaired) electrons. The Balaban J connectivity index is 1.73. The van der Waals surface area contributed by atoms with Crippen molar-refractivity contribution in [2.45, 2.75) is 58.6 Å². The van der Waals surface area contributed by atoms with E-state index in [-0.39, 0.29) is 18.2 Å². The molecule has 23 heavy (non-hydrogen) atoms. The van der Waals surface area contributed by atoms with Gasteiger partial charge in [0, 0.05) is 6.04 Å². The van der Waals surface area contributed by atoms with Crippen LogP contribution in [-0.4, -0.2) is 36.4 Å². The van der Waals surface area contributed by atoms with Crippen molar-refractivity contribution >= 4 is 6.03 Å². The first-order chi connectivity index (χ1) is 11.0. The standard InChI is InChI=1S/C18H28N2O3/c1-14(2)23-17-10-8-16(9-11-17)7-6-15(3)19-18(21)20-12-4-5-13-22-20/h8-11,14-15H,4-7,12-13H2,1-3H3,(H,19,21). The number of rotatable bonds is 6. The van der Waals surface area contributed by atoms with Crippen molar-refractivity contribution in [2.24, 2.45) is 0 Å². The van der Waals surface area contributed by atoms with Gasteiger partial charge in [-0.05, 0) is 64.2 Å². The van der Waals surface area contributed by atoms with E-state index in [9.17, 15) is 4.79 Å². The van der Waals surface area contributed by atoms with Crippen LogP contribution in [0.5, 0.6) is 5.75 Å². The molecular formula is C18H28N2O3.